The molecule has 14 heavy (non-hydrogen) atoms. The van der Waals surface area contributed by atoms with Crippen molar-refractivity contribution in [1.29, 1.82) is 0 Å². The van der Waals surface area contributed by atoms with E-state index in [1.165, 1.54) is 19.3 Å². The molecule has 3 aliphatic carbocycles. The second kappa shape index (κ2) is 2.84. The molecule has 3 fully saturated rings. The number of Topliss-reactive ketones (excluding diaryl/α,β-unsaturated/α-hetero) is 1. The highest BCUT2D eigenvalue weighted by Crippen LogP contribution is 2.69. The van der Waals surface area contributed by atoms with Gasteiger partial charge in [0.25, 0.3) is 0 Å². The summed E-state index contributed by atoms with van der Waals surface area (Å²) in [6, 6.07) is 0. The maximum absolute atomic E-state index is 11.9. The van der Waals surface area contributed by atoms with Crippen LogP contribution in [-0.4, -0.2) is 5.78 Å². The number of carbonyl (C=O) groups excluding carboxylic acids is 1. The van der Waals surface area contributed by atoms with Gasteiger partial charge in [-0.3, -0.25) is 4.79 Å². The Morgan fingerprint density at radius 2 is 1.79 bits per heavy atom. The van der Waals surface area contributed by atoms with Crippen LogP contribution >= 0.6 is 0 Å². The van der Waals surface area contributed by atoms with Crippen molar-refractivity contribution in [3.05, 3.63) is 0 Å². The highest BCUT2D eigenvalue weighted by molar-refractivity contribution is 5.85. The maximum atomic E-state index is 11.9. The van der Waals surface area contributed by atoms with Crippen molar-refractivity contribution in [3.8, 4) is 0 Å². The molecule has 4 unspecified atom stereocenters. The number of ketones is 1. The van der Waals surface area contributed by atoms with Crippen LogP contribution in [0.1, 0.15) is 39.5 Å². The third-order valence-corrected chi connectivity index (χ3v) is 4.72. The summed E-state index contributed by atoms with van der Waals surface area (Å²) in [5, 5.41) is 0. The molecule has 4 atom stereocenters. The average Bonchev–Trinajstić information content (AvgIpc) is 2.56. The molecule has 0 aromatic heterocycles. The second-order valence-electron chi connectivity index (χ2n) is 6.08. The van der Waals surface area contributed by atoms with Crippen LogP contribution in [0, 0.1) is 35.5 Å². The van der Waals surface area contributed by atoms with Crippen LogP contribution in [0.15, 0.2) is 0 Å². The van der Waals surface area contributed by atoms with E-state index in [0.29, 0.717) is 17.6 Å². The van der Waals surface area contributed by atoms with Gasteiger partial charge in [0.2, 0.25) is 0 Å². The Bertz CT molecular complexity index is 252. The van der Waals surface area contributed by atoms with Gasteiger partial charge in [-0.1, -0.05) is 13.8 Å². The average molecular weight is 192 g/mol. The van der Waals surface area contributed by atoms with Gasteiger partial charge >= 0.3 is 0 Å². The normalized spacial score (nSPS) is 48.4. The van der Waals surface area contributed by atoms with Crippen molar-refractivity contribution in [1.82, 2.24) is 0 Å². The Hall–Kier alpha value is -0.330. The van der Waals surface area contributed by atoms with Gasteiger partial charge in [0.1, 0.15) is 5.78 Å². The maximum Gasteiger partial charge on any atom is 0.136 e. The predicted octanol–water partition coefficient (Wildman–Crippen LogP) is 2.89. The Balaban J connectivity index is 1.65. The van der Waals surface area contributed by atoms with Gasteiger partial charge in [0, 0.05) is 12.3 Å². The van der Waals surface area contributed by atoms with Crippen LogP contribution in [0.5, 0.6) is 0 Å². The smallest absolute Gasteiger partial charge is 0.136 e. The summed E-state index contributed by atoms with van der Waals surface area (Å²) in [7, 11) is 0. The number of rotatable bonds is 3. The van der Waals surface area contributed by atoms with E-state index in [1.807, 2.05) is 0 Å². The molecular weight excluding hydrogens is 172 g/mol. The lowest BCUT2D eigenvalue weighted by atomic mass is 9.95. The lowest BCUT2D eigenvalue weighted by Crippen LogP contribution is -2.11. The molecule has 0 amide bonds. The molecule has 3 saturated carbocycles. The van der Waals surface area contributed by atoms with E-state index in [1.54, 1.807) is 0 Å². The zero-order chi connectivity index (χ0) is 9.87. The van der Waals surface area contributed by atoms with Crippen molar-refractivity contribution in [2.75, 3.05) is 0 Å². The Kier molecular flexibility index (Phi) is 1.81. The third kappa shape index (κ3) is 1.11. The first-order valence-corrected chi connectivity index (χ1v) is 6.21. The Morgan fingerprint density at radius 3 is 2.29 bits per heavy atom. The van der Waals surface area contributed by atoms with Gasteiger partial charge in [-0.15, -0.1) is 0 Å². The van der Waals surface area contributed by atoms with Crippen LogP contribution < -0.4 is 0 Å². The summed E-state index contributed by atoms with van der Waals surface area (Å²) in [6.45, 7) is 4.31. The van der Waals surface area contributed by atoms with Gasteiger partial charge < -0.3 is 0 Å². The first kappa shape index (κ1) is 8.94. The largest absolute Gasteiger partial charge is 0.299 e. The van der Waals surface area contributed by atoms with Gasteiger partial charge in [-0.25, -0.2) is 0 Å². The summed E-state index contributed by atoms with van der Waals surface area (Å²) >= 11 is 0. The van der Waals surface area contributed by atoms with Crippen LogP contribution in [0.3, 0.4) is 0 Å². The summed E-state index contributed by atoms with van der Waals surface area (Å²) in [5.74, 6) is 5.26. The molecule has 0 heterocycles. The fraction of sp³-hybridized carbons (Fsp3) is 0.923. The molecule has 0 aromatic rings. The van der Waals surface area contributed by atoms with Crippen LogP contribution in [-0.2, 0) is 4.79 Å². The Morgan fingerprint density at radius 1 is 1.21 bits per heavy atom. The molecule has 0 aromatic carbocycles. The number of carbonyl (C=O) groups is 1. The molecule has 78 valence electrons. The van der Waals surface area contributed by atoms with E-state index in [4.69, 9.17) is 0 Å². The molecule has 0 N–H and O–H groups in total. The van der Waals surface area contributed by atoms with E-state index in [0.717, 1.165) is 30.1 Å². The minimum absolute atomic E-state index is 0.517. The summed E-state index contributed by atoms with van der Waals surface area (Å²) in [5.41, 5.74) is 0. The van der Waals surface area contributed by atoms with E-state index >= 15 is 0 Å². The van der Waals surface area contributed by atoms with E-state index in [9.17, 15) is 4.79 Å². The van der Waals surface area contributed by atoms with Crippen molar-refractivity contribution >= 4 is 5.78 Å². The van der Waals surface area contributed by atoms with Gasteiger partial charge in [-0.05, 0) is 48.9 Å². The fourth-order valence-corrected chi connectivity index (χ4v) is 4.29. The molecular formula is C13H20O. The van der Waals surface area contributed by atoms with Crippen LogP contribution in [0.2, 0.25) is 0 Å². The highest BCUT2D eigenvalue weighted by Gasteiger charge is 2.66. The van der Waals surface area contributed by atoms with Crippen molar-refractivity contribution in [2.24, 2.45) is 35.5 Å². The lowest BCUT2D eigenvalue weighted by Gasteiger charge is -2.08. The molecule has 0 radical (unpaired) electrons. The van der Waals surface area contributed by atoms with Crippen LogP contribution in [0.4, 0.5) is 0 Å². The van der Waals surface area contributed by atoms with Crippen molar-refractivity contribution < 1.29 is 4.79 Å². The fourth-order valence-electron chi connectivity index (χ4n) is 4.29. The molecule has 1 nitrogen and oxygen atoms in total. The SMILES string of the molecule is CC(C)CC(=O)C1C2C3CCC(C3)C12. The lowest BCUT2D eigenvalue weighted by molar-refractivity contribution is -0.121. The van der Waals surface area contributed by atoms with Crippen LogP contribution in [0.25, 0.3) is 0 Å². The topological polar surface area (TPSA) is 17.1 Å². The second-order valence-corrected chi connectivity index (χ2v) is 6.08. The van der Waals surface area contributed by atoms with E-state index in [-0.39, 0.29) is 0 Å². The predicted molar refractivity (Wildman–Crippen MR) is 55.8 cm³/mol. The third-order valence-electron chi connectivity index (χ3n) is 4.72. The summed E-state index contributed by atoms with van der Waals surface area (Å²) in [4.78, 5) is 11.9. The van der Waals surface area contributed by atoms with Crippen molar-refractivity contribution in [2.45, 2.75) is 39.5 Å². The molecule has 2 bridgehead atoms. The first-order chi connectivity index (χ1) is 6.68. The minimum Gasteiger partial charge on any atom is -0.299 e. The number of fused-ring (bicyclic) bond motifs is 5. The zero-order valence-corrected chi connectivity index (χ0v) is 9.20. The summed E-state index contributed by atoms with van der Waals surface area (Å²) in [6.07, 6.45) is 5.15. The minimum atomic E-state index is 0.517. The van der Waals surface area contributed by atoms with Gasteiger partial charge in [0.15, 0.2) is 0 Å². The monoisotopic (exact) mass is 192 g/mol. The zero-order valence-electron chi connectivity index (χ0n) is 9.20. The molecule has 0 aliphatic heterocycles. The quantitative estimate of drug-likeness (QED) is 0.672. The highest BCUT2D eigenvalue weighted by atomic mass is 16.1. The molecule has 0 saturated heterocycles. The van der Waals surface area contributed by atoms with Gasteiger partial charge in [0.05, 0.1) is 0 Å². The van der Waals surface area contributed by atoms with Gasteiger partial charge in [-0.2, -0.15) is 0 Å². The number of hydrogen-bond donors (Lipinski definition) is 0. The number of hydrogen-bond acceptors (Lipinski definition) is 1. The molecule has 0 spiro atoms. The van der Waals surface area contributed by atoms with Crippen molar-refractivity contribution in [3.63, 3.8) is 0 Å². The van der Waals surface area contributed by atoms with E-state index in [2.05, 4.69) is 13.8 Å². The first-order valence-electron chi connectivity index (χ1n) is 6.21. The Labute approximate surface area is 86.3 Å². The standard InChI is InChI=1S/C13H20O/c1-7(2)5-10(14)13-11-8-3-4-9(6-8)12(11)13/h7-9,11-13H,3-6H2,1-2H3. The molecule has 3 aliphatic rings. The van der Waals surface area contributed by atoms with E-state index < -0.39 is 0 Å². The molecule has 3 rings (SSSR count). The molecule has 1 heteroatoms. The summed E-state index contributed by atoms with van der Waals surface area (Å²) < 4.78 is 0.